The van der Waals surface area contributed by atoms with E-state index in [1.54, 1.807) is 0 Å². The van der Waals surface area contributed by atoms with Crippen molar-refractivity contribution in [3.05, 3.63) is 74.7 Å². The normalized spacial score (nSPS) is 18.5. The van der Waals surface area contributed by atoms with E-state index in [0.29, 0.717) is 0 Å². The summed E-state index contributed by atoms with van der Waals surface area (Å²) in [7, 11) is 1.35. The van der Waals surface area contributed by atoms with Gasteiger partial charge in [-0.2, -0.15) is 0 Å². The number of hydrogen-bond donors (Lipinski definition) is 3. The number of benzene rings is 2. The molecule has 0 spiro atoms. The Labute approximate surface area is 202 Å². The number of carbonyl (C=O) groups is 3. The highest BCUT2D eigenvalue weighted by Crippen LogP contribution is 2.56. The van der Waals surface area contributed by atoms with Gasteiger partial charge in [-0.25, -0.2) is 0 Å². The highest BCUT2D eigenvalue weighted by Gasteiger charge is 2.55. The van der Waals surface area contributed by atoms with Crippen LogP contribution in [0.4, 0.5) is 0 Å². The lowest BCUT2D eigenvalue weighted by atomic mass is 9.71. The van der Waals surface area contributed by atoms with Crippen molar-refractivity contribution in [3.8, 4) is 17.2 Å². The number of aromatic hydroxyl groups is 1. The highest BCUT2D eigenvalue weighted by molar-refractivity contribution is 6.25. The Hall–Kier alpha value is -4.07. The molecule has 0 radical (unpaired) electrons. The Bertz CT molecular complexity index is 1380. The quantitative estimate of drug-likeness (QED) is 0.560. The first-order valence-electron chi connectivity index (χ1n) is 11.1. The van der Waals surface area contributed by atoms with Crippen LogP contribution >= 0.6 is 0 Å². The van der Waals surface area contributed by atoms with E-state index in [9.17, 15) is 24.6 Å². The van der Waals surface area contributed by atoms with Crippen LogP contribution in [0.3, 0.4) is 0 Å². The summed E-state index contributed by atoms with van der Waals surface area (Å²) in [5.41, 5.74) is 2.22. The Morgan fingerprint density at radius 3 is 2.43 bits per heavy atom. The van der Waals surface area contributed by atoms with Gasteiger partial charge in [0.25, 0.3) is 5.91 Å². The SMILES string of the molecule is COc1cc(O)c2c(c1C(=O)NCc1c(C)ccc(C)c1C)OC1=CC(O)=C(C(C)=O)C(=O)[C@]12C. The molecule has 8 nitrogen and oxygen atoms in total. The van der Waals surface area contributed by atoms with E-state index in [2.05, 4.69) is 5.32 Å². The van der Waals surface area contributed by atoms with Gasteiger partial charge in [0, 0.05) is 18.7 Å². The average molecular weight is 478 g/mol. The number of phenolic OH excluding ortho intramolecular Hbond substituents is 1. The molecule has 8 heteroatoms. The molecule has 35 heavy (non-hydrogen) atoms. The number of phenols is 1. The molecule has 0 unspecified atom stereocenters. The van der Waals surface area contributed by atoms with Gasteiger partial charge < -0.3 is 25.0 Å². The first-order chi connectivity index (χ1) is 16.4. The Morgan fingerprint density at radius 1 is 1.14 bits per heavy atom. The number of hydrogen-bond acceptors (Lipinski definition) is 7. The minimum atomic E-state index is -1.60. The second kappa shape index (κ2) is 8.30. The lowest BCUT2D eigenvalue weighted by Gasteiger charge is -2.27. The van der Waals surface area contributed by atoms with Crippen LogP contribution in [0.25, 0.3) is 0 Å². The van der Waals surface area contributed by atoms with Gasteiger partial charge in [-0.05, 0) is 56.9 Å². The molecule has 3 N–H and O–H groups in total. The molecule has 0 saturated carbocycles. The fraction of sp³-hybridized carbons (Fsp3) is 0.296. The molecule has 0 fully saturated rings. The summed E-state index contributed by atoms with van der Waals surface area (Å²) < 4.78 is 11.3. The van der Waals surface area contributed by atoms with Crippen LogP contribution in [0.1, 0.15) is 52.0 Å². The maximum atomic E-state index is 13.4. The summed E-state index contributed by atoms with van der Waals surface area (Å²) in [5.74, 6) is -2.73. The third-order valence-electron chi connectivity index (χ3n) is 6.96. The zero-order valence-electron chi connectivity index (χ0n) is 20.5. The van der Waals surface area contributed by atoms with Crippen molar-refractivity contribution < 1.29 is 34.1 Å². The molecule has 2 aromatic rings. The molecule has 1 aliphatic carbocycles. The van der Waals surface area contributed by atoms with Crippen molar-refractivity contribution in [2.24, 2.45) is 0 Å². The van der Waals surface area contributed by atoms with Crippen molar-refractivity contribution >= 4 is 17.5 Å². The number of aliphatic hydroxyl groups excluding tert-OH is 1. The number of aryl methyl sites for hydroxylation is 2. The van der Waals surface area contributed by atoms with Crippen molar-refractivity contribution in [3.63, 3.8) is 0 Å². The topological polar surface area (TPSA) is 122 Å². The number of carbonyl (C=O) groups excluding carboxylic acids is 3. The Balaban J connectivity index is 1.81. The summed E-state index contributed by atoms with van der Waals surface area (Å²) in [6.45, 7) is 8.84. The number of rotatable bonds is 5. The first kappa shape index (κ1) is 24.1. The predicted molar refractivity (Wildman–Crippen MR) is 128 cm³/mol. The van der Waals surface area contributed by atoms with E-state index in [0.717, 1.165) is 22.3 Å². The number of nitrogens with one attached hydrogen (secondary N) is 1. The fourth-order valence-electron chi connectivity index (χ4n) is 4.76. The minimum Gasteiger partial charge on any atom is -0.507 e. The monoisotopic (exact) mass is 477 g/mol. The zero-order valence-corrected chi connectivity index (χ0v) is 20.5. The predicted octanol–water partition coefficient (Wildman–Crippen LogP) is 3.77. The van der Waals surface area contributed by atoms with Gasteiger partial charge in [0.15, 0.2) is 17.3 Å². The number of aliphatic hydroxyl groups is 1. The Kier molecular flexibility index (Phi) is 5.71. The van der Waals surface area contributed by atoms with E-state index >= 15 is 0 Å². The number of methoxy groups -OCH3 is 1. The number of ether oxygens (including phenoxy) is 2. The molecule has 0 bridgehead atoms. The van der Waals surface area contributed by atoms with Gasteiger partial charge in [0.2, 0.25) is 0 Å². The molecule has 2 aromatic carbocycles. The van der Waals surface area contributed by atoms with Crippen molar-refractivity contribution in [2.45, 2.75) is 46.6 Å². The summed E-state index contributed by atoms with van der Waals surface area (Å²) >= 11 is 0. The van der Waals surface area contributed by atoms with E-state index in [1.165, 1.54) is 33.1 Å². The third kappa shape index (κ3) is 3.48. The number of Topliss-reactive ketones (excluding diaryl/α,β-unsaturated/α-hetero) is 2. The van der Waals surface area contributed by atoms with Crippen LogP contribution < -0.4 is 14.8 Å². The van der Waals surface area contributed by atoms with Crippen molar-refractivity contribution in [1.82, 2.24) is 5.32 Å². The first-order valence-corrected chi connectivity index (χ1v) is 11.1. The molecule has 1 heterocycles. The molecule has 182 valence electrons. The number of fused-ring (bicyclic) bond motifs is 3. The van der Waals surface area contributed by atoms with E-state index in [-0.39, 0.29) is 46.3 Å². The molecule has 1 atom stereocenters. The molecule has 0 aromatic heterocycles. The lowest BCUT2D eigenvalue weighted by molar-refractivity contribution is -0.123. The number of amides is 1. The van der Waals surface area contributed by atoms with Crippen molar-refractivity contribution in [1.29, 1.82) is 0 Å². The van der Waals surface area contributed by atoms with E-state index < -0.39 is 28.6 Å². The molecular formula is C27H27NO7. The van der Waals surface area contributed by atoms with Crippen LogP contribution in [0, 0.1) is 20.8 Å². The maximum Gasteiger partial charge on any atom is 0.259 e. The summed E-state index contributed by atoms with van der Waals surface area (Å²) in [4.78, 5) is 38.8. The standard InChI is InChI=1S/C27H27NO7/c1-12-7-8-13(2)16(14(12)3)11-28-26(33)22-19(34-6)9-18(31)23-24(22)35-20-10-17(30)21(15(4)29)25(32)27(20,23)5/h7-10,30-31H,11H2,1-6H3,(H,28,33)/t27-/m1/s1. The van der Waals surface area contributed by atoms with Crippen LogP contribution in [0.5, 0.6) is 17.2 Å². The fourth-order valence-corrected chi connectivity index (χ4v) is 4.76. The van der Waals surface area contributed by atoms with E-state index in [4.69, 9.17) is 9.47 Å². The highest BCUT2D eigenvalue weighted by atomic mass is 16.5. The molecule has 1 amide bonds. The van der Waals surface area contributed by atoms with Gasteiger partial charge in [-0.3, -0.25) is 14.4 Å². The largest absolute Gasteiger partial charge is 0.507 e. The maximum absolute atomic E-state index is 13.4. The van der Waals surface area contributed by atoms with Crippen LogP contribution in [-0.2, 0) is 21.5 Å². The molecule has 1 aliphatic heterocycles. The van der Waals surface area contributed by atoms with Gasteiger partial charge in [0.1, 0.15) is 39.6 Å². The van der Waals surface area contributed by atoms with Gasteiger partial charge in [0.05, 0.1) is 12.7 Å². The van der Waals surface area contributed by atoms with Crippen LogP contribution in [0.15, 0.2) is 41.4 Å². The zero-order chi connectivity index (χ0) is 25.8. The van der Waals surface area contributed by atoms with Gasteiger partial charge in [-0.15, -0.1) is 0 Å². The molecule has 4 rings (SSSR count). The molecule has 0 saturated heterocycles. The van der Waals surface area contributed by atoms with Crippen molar-refractivity contribution in [2.75, 3.05) is 7.11 Å². The second-order valence-corrected chi connectivity index (χ2v) is 9.04. The van der Waals surface area contributed by atoms with Crippen LogP contribution in [-0.4, -0.2) is 34.8 Å². The van der Waals surface area contributed by atoms with Gasteiger partial charge >= 0.3 is 0 Å². The van der Waals surface area contributed by atoms with Crippen LogP contribution in [0.2, 0.25) is 0 Å². The average Bonchev–Trinajstić information content (AvgIpc) is 3.09. The molecular weight excluding hydrogens is 450 g/mol. The molecule has 2 aliphatic rings. The summed E-state index contributed by atoms with van der Waals surface area (Å²) in [5, 5.41) is 24.0. The lowest BCUT2D eigenvalue weighted by Crippen LogP contribution is -2.38. The minimum absolute atomic E-state index is 0.00276. The summed E-state index contributed by atoms with van der Waals surface area (Å²) in [6.07, 6.45) is 1.17. The third-order valence-corrected chi connectivity index (χ3v) is 6.96. The summed E-state index contributed by atoms with van der Waals surface area (Å²) in [6, 6.07) is 5.25. The van der Waals surface area contributed by atoms with Gasteiger partial charge in [-0.1, -0.05) is 12.1 Å². The smallest absolute Gasteiger partial charge is 0.259 e. The number of ketones is 2. The second-order valence-electron chi connectivity index (χ2n) is 9.04. The van der Waals surface area contributed by atoms with E-state index in [1.807, 2.05) is 32.9 Å². The number of allylic oxidation sites excluding steroid dienone is 3. The Morgan fingerprint density at radius 2 is 1.80 bits per heavy atom.